The molecule has 1 unspecified atom stereocenters. The first-order valence-corrected chi connectivity index (χ1v) is 6.36. The first-order chi connectivity index (χ1) is 9.40. The molecule has 3 rings (SSSR count). The van der Waals surface area contributed by atoms with E-state index in [4.69, 9.17) is 4.42 Å². The summed E-state index contributed by atoms with van der Waals surface area (Å²) in [6, 6.07) is 9.91. The normalized spacial score (nSPS) is 12.7. The van der Waals surface area contributed by atoms with E-state index in [0.717, 1.165) is 28.9 Å². The predicted octanol–water partition coefficient (Wildman–Crippen LogP) is 2.92. The molecule has 2 aromatic heterocycles. The van der Waals surface area contributed by atoms with E-state index < -0.39 is 0 Å². The maximum atomic E-state index is 5.54. The van der Waals surface area contributed by atoms with Crippen molar-refractivity contribution < 1.29 is 4.42 Å². The third-order valence-electron chi connectivity index (χ3n) is 3.08. The number of furan rings is 1. The van der Waals surface area contributed by atoms with Crippen LogP contribution in [0.25, 0.3) is 11.0 Å². The van der Waals surface area contributed by atoms with Crippen LogP contribution in [0.5, 0.6) is 0 Å². The maximum Gasteiger partial charge on any atom is 0.125 e. The molecule has 0 aliphatic rings. The van der Waals surface area contributed by atoms with Crippen LogP contribution in [0.3, 0.4) is 0 Å². The van der Waals surface area contributed by atoms with Crippen LogP contribution in [0.2, 0.25) is 0 Å². The zero-order valence-corrected chi connectivity index (χ0v) is 10.7. The maximum absolute atomic E-state index is 5.54. The molecule has 0 spiro atoms. The van der Waals surface area contributed by atoms with Gasteiger partial charge < -0.3 is 9.73 Å². The van der Waals surface area contributed by atoms with Gasteiger partial charge in [0, 0.05) is 18.0 Å². The van der Waals surface area contributed by atoms with Crippen molar-refractivity contribution in [3.05, 3.63) is 60.3 Å². The van der Waals surface area contributed by atoms with Crippen LogP contribution in [0.15, 0.2) is 53.4 Å². The van der Waals surface area contributed by atoms with Crippen molar-refractivity contribution in [3.63, 3.8) is 0 Å². The second-order valence-corrected chi connectivity index (χ2v) is 4.28. The van der Waals surface area contributed by atoms with Crippen LogP contribution in [0.1, 0.15) is 24.3 Å². The number of nitrogens with one attached hydrogen (secondary N) is 1. The van der Waals surface area contributed by atoms with Gasteiger partial charge in [0.05, 0.1) is 23.3 Å². The number of aromatic nitrogens is 2. The number of nitrogens with zero attached hydrogens (tertiary/aromatic N) is 2. The Morgan fingerprint density at radius 2 is 2.05 bits per heavy atom. The molecule has 0 bridgehead atoms. The third kappa shape index (κ3) is 2.22. The summed E-state index contributed by atoms with van der Waals surface area (Å²) in [5.74, 6) is 0.889. The second kappa shape index (κ2) is 5.20. The molecule has 1 N–H and O–H groups in total. The number of benzene rings is 1. The number of fused-ring (bicyclic) bond motifs is 1. The highest BCUT2D eigenvalue weighted by Gasteiger charge is 2.18. The number of para-hydroxylation sites is 1. The van der Waals surface area contributed by atoms with Gasteiger partial charge in [-0.05, 0) is 24.7 Å². The van der Waals surface area contributed by atoms with Gasteiger partial charge in [-0.1, -0.05) is 19.1 Å². The van der Waals surface area contributed by atoms with Crippen molar-refractivity contribution in [2.45, 2.75) is 13.0 Å². The van der Waals surface area contributed by atoms with E-state index in [1.807, 2.05) is 24.3 Å². The molecule has 4 nitrogen and oxygen atoms in total. The topological polar surface area (TPSA) is 51.0 Å². The lowest BCUT2D eigenvalue weighted by atomic mass is 10.0. The average Bonchev–Trinajstić information content (AvgIpc) is 2.98. The first-order valence-electron chi connectivity index (χ1n) is 6.36. The summed E-state index contributed by atoms with van der Waals surface area (Å²) in [6.07, 6.45) is 5.12. The molecule has 2 heterocycles. The Hall–Kier alpha value is -2.20. The molecule has 0 aliphatic heterocycles. The van der Waals surface area contributed by atoms with Gasteiger partial charge in [-0.15, -0.1) is 0 Å². The van der Waals surface area contributed by atoms with Gasteiger partial charge in [0.15, 0.2) is 0 Å². The summed E-state index contributed by atoms with van der Waals surface area (Å²) in [5.41, 5.74) is 2.89. The summed E-state index contributed by atoms with van der Waals surface area (Å²) in [7, 11) is 0. The zero-order chi connectivity index (χ0) is 13.1. The van der Waals surface area contributed by atoms with Crippen LogP contribution in [-0.2, 0) is 0 Å². The first kappa shape index (κ1) is 11.9. The number of hydrogen-bond donors (Lipinski definition) is 1. The molecule has 0 amide bonds. The molecule has 0 fully saturated rings. The van der Waals surface area contributed by atoms with E-state index in [0.29, 0.717) is 0 Å². The lowest BCUT2D eigenvalue weighted by molar-refractivity contribution is 0.453. The minimum atomic E-state index is 0.000370. The Morgan fingerprint density at radius 1 is 1.16 bits per heavy atom. The minimum absolute atomic E-state index is 0.000370. The molecule has 3 aromatic rings. The molecule has 0 saturated heterocycles. The molecule has 0 radical (unpaired) electrons. The molecule has 0 saturated carbocycles. The van der Waals surface area contributed by atoms with Crippen LogP contribution >= 0.6 is 0 Å². The Balaban J connectivity index is 2.15. The third-order valence-corrected chi connectivity index (χ3v) is 3.08. The number of rotatable bonds is 4. The molecular weight excluding hydrogens is 238 g/mol. The van der Waals surface area contributed by atoms with Gasteiger partial charge in [-0.3, -0.25) is 9.97 Å². The quantitative estimate of drug-likeness (QED) is 0.776. The van der Waals surface area contributed by atoms with Crippen molar-refractivity contribution in [1.82, 2.24) is 15.3 Å². The van der Waals surface area contributed by atoms with E-state index in [9.17, 15) is 0 Å². The van der Waals surface area contributed by atoms with Crippen LogP contribution in [0, 0.1) is 0 Å². The SMILES string of the molecule is CCNC(c1ccco1)c1cccc2nccnc12. The van der Waals surface area contributed by atoms with Crippen LogP contribution in [0.4, 0.5) is 0 Å². The average molecular weight is 253 g/mol. The molecule has 0 aliphatic carbocycles. The van der Waals surface area contributed by atoms with Gasteiger partial charge in [0.25, 0.3) is 0 Å². The minimum Gasteiger partial charge on any atom is -0.467 e. The standard InChI is InChI=1S/C15H15N3O/c1-2-16-15(13-7-4-10-19-13)11-5-3-6-12-14(11)18-9-8-17-12/h3-10,15-16H,2H2,1H3. The van der Waals surface area contributed by atoms with E-state index in [-0.39, 0.29) is 6.04 Å². The van der Waals surface area contributed by atoms with Crippen molar-refractivity contribution in [2.24, 2.45) is 0 Å². The zero-order valence-electron chi connectivity index (χ0n) is 10.7. The van der Waals surface area contributed by atoms with E-state index >= 15 is 0 Å². The van der Waals surface area contributed by atoms with Crippen molar-refractivity contribution >= 4 is 11.0 Å². The smallest absolute Gasteiger partial charge is 0.125 e. The molecule has 4 heteroatoms. The second-order valence-electron chi connectivity index (χ2n) is 4.28. The highest BCUT2D eigenvalue weighted by molar-refractivity contribution is 5.78. The predicted molar refractivity (Wildman–Crippen MR) is 73.8 cm³/mol. The lowest BCUT2D eigenvalue weighted by Gasteiger charge is -2.17. The molecule has 96 valence electrons. The monoisotopic (exact) mass is 253 g/mol. The van der Waals surface area contributed by atoms with Crippen molar-refractivity contribution in [1.29, 1.82) is 0 Å². The molecule has 19 heavy (non-hydrogen) atoms. The highest BCUT2D eigenvalue weighted by Crippen LogP contribution is 2.27. The Bertz CT molecular complexity index is 659. The fourth-order valence-electron chi connectivity index (χ4n) is 2.27. The van der Waals surface area contributed by atoms with Gasteiger partial charge >= 0.3 is 0 Å². The van der Waals surface area contributed by atoms with Crippen LogP contribution in [-0.4, -0.2) is 16.5 Å². The number of hydrogen-bond acceptors (Lipinski definition) is 4. The summed E-state index contributed by atoms with van der Waals surface area (Å²) in [4.78, 5) is 8.79. The highest BCUT2D eigenvalue weighted by atomic mass is 16.3. The summed E-state index contributed by atoms with van der Waals surface area (Å²) >= 11 is 0. The molecule has 1 aromatic carbocycles. The van der Waals surface area contributed by atoms with E-state index in [2.05, 4.69) is 28.3 Å². The van der Waals surface area contributed by atoms with Gasteiger partial charge in [0.1, 0.15) is 5.76 Å². The fourth-order valence-corrected chi connectivity index (χ4v) is 2.27. The summed E-state index contributed by atoms with van der Waals surface area (Å²) in [6.45, 7) is 2.93. The summed E-state index contributed by atoms with van der Waals surface area (Å²) < 4.78 is 5.54. The largest absolute Gasteiger partial charge is 0.467 e. The lowest BCUT2D eigenvalue weighted by Crippen LogP contribution is -2.22. The van der Waals surface area contributed by atoms with Crippen LogP contribution < -0.4 is 5.32 Å². The Morgan fingerprint density at radius 3 is 2.84 bits per heavy atom. The molecule has 1 atom stereocenters. The summed E-state index contributed by atoms with van der Waals surface area (Å²) in [5, 5.41) is 3.43. The Labute approximate surface area is 111 Å². The van der Waals surface area contributed by atoms with Gasteiger partial charge in [-0.25, -0.2) is 0 Å². The fraction of sp³-hybridized carbons (Fsp3) is 0.200. The van der Waals surface area contributed by atoms with E-state index in [1.54, 1.807) is 18.7 Å². The van der Waals surface area contributed by atoms with Crippen molar-refractivity contribution in [3.8, 4) is 0 Å². The van der Waals surface area contributed by atoms with Gasteiger partial charge in [0.2, 0.25) is 0 Å². The van der Waals surface area contributed by atoms with E-state index in [1.165, 1.54) is 0 Å². The van der Waals surface area contributed by atoms with Crippen molar-refractivity contribution in [2.75, 3.05) is 6.54 Å². The Kier molecular flexibility index (Phi) is 3.25. The molecular formula is C15H15N3O. The van der Waals surface area contributed by atoms with Gasteiger partial charge in [-0.2, -0.15) is 0 Å².